The monoisotopic (exact) mass is 575 g/mol. The number of carbonyl (C=O) groups is 2. The number of amides is 3. The molecule has 41 heavy (non-hydrogen) atoms. The van der Waals surface area contributed by atoms with Crippen molar-refractivity contribution in [3.63, 3.8) is 0 Å². The maximum Gasteiger partial charge on any atom is 0.322 e. The van der Waals surface area contributed by atoms with Crippen LogP contribution in [0.5, 0.6) is 11.5 Å². The van der Waals surface area contributed by atoms with Gasteiger partial charge in [-0.3, -0.25) is 4.79 Å². The number of carbonyl (C=O) groups excluding carboxylic acids is 2. The lowest BCUT2D eigenvalue weighted by molar-refractivity contribution is 0.102. The van der Waals surface area contributed by atoms with E-state index in [1.807, 2.05) is 29.2 Å². The second-order valence-electron chi connectivity index (χ2n) is 11.9. The molecule has 3 aromatic rings. The molecule has 0 unspecified atom stereocenters. The van der Waals surface area contributed by atoms with Crippen molar-refractivity contribution >= 4 is 34.9 Å². The summed E-state index contributed by atoms with van der Waals surface area (Å²) in [6.45, 7) is 8.36. The van der Waals surface area contributed by atoms with Crippen LogP contribution in [0.3, 0.4) is 0 Å². The molecule has 0 radical (unpaired) electrons. The Morgan fingerprint density at radius 3 is 2.12 bits per heavy atom. The Morgan fingerprint density at radius 1 is 0.829 bits per heavy atom. The first kappa shape index (κ1) is 28.8. The molecule has 0 atom stereocenters. The number of hydrogen-bond acceptors (Lipinski definition) is 4. The van der Waals surface area contributed by atoms with E-state index in [9.17, 15) is 9.59 Å². The fraction of sp³-hybridized carbons (Fsp3) is 0.394. The molecule has 1 heterocycles. The molecular weight excluding hydrogens is 538 g/mol. The second-order valence-corrected chi connectivity index (χ2v) is 12.4. The normalized spacial score (nSPS) is 18.3. The van der Waals surface area contributed by atoms with E-state index in [4.69, 9.17) is 21.1 Å². The summed E-state index contributed by atoms with van der Waals surface area (Å²) in [4.78, 5) is 28.4. The van der Waals surface area contributed by atoms with Crippen LogP contribution in [0.25, 0.3) is 0 Å². The number of halogens is 1. The second kappa shape index (κ2) is 12.4. The Kier molecular flexibility index (Phi) is 8.74. The third kappa shape index (κ3) is 7.33. The summed E-state index contributed by atoms with van der Waals surface area (Å²) in [5, 5.41) is 6.60. The minimum absolute atomic E-state index is 0.132. The van der Waals surface area contributed by atoms with E-state index in [0.29, 0.717) is 59.1 Å². The van der Waals surface area contributed by atoms with E-state index in [0.717, 1.165) is 31.2 Å². The van der Waals surface area contributed by atoms with Crippen LogP contribution in [0.1, 0.15) is 62.4 Å². The Balaban J connectivity index is 1.27. The summed E-state index contributed by atoms with van der Waals surface area (Å²) in [5.74, 6) is 1.73. The van der Waals surface area contributed by atoms with Crippen LogP contribution < -0.4 is 20.1 Å². The lowest BCUT2D eigenvalue weighted by Crippen LogP contribution is -2.45. The molecule has 216 valence electrons. The molecule has 1 aliphatic carbocycles. The number of hydrogen-bond donors (Lipinski definition) is 2. The van der Waals surface area contributed by atoms with Crippen molar-refractivity contribution in [2.75, 3.05) is 23.8 Å². The van der Waals surface area contributed by atoms with Crippen LogP contribution in [0.15, 0.2) is 66.7 Å². The number of nitrogens with zero attached hydrogens (tertiary/aromatic N) is 1. The molecule has 1 fully saturated rings. The van der Waals surface area contributed by atoms with Crippen molar-refractivity contribution in [1.82, 2.24) is 4.90 Å². The largest absolute Gasteiger partial charge is 0.486 e. The van der Waals surface area contributed by atoms with E-state index in [1.54, 1.807) is 42.5 Å². The number of benzene rings is 3. The molecule has 3 amide bonds. The standard InChI is InChI=1S/C33H38ClN3O4/c1-33(2,3)24-8-15-28(16-9-24)37(32(39)36-26-12-10-25(34)11-13-26)21-22-4-6-23(7-5-22)31(38)35-27-14-17-29-30(20-27)41-19-18-40-29/h4-7,10-14,17,20,24,28H,8-9,15-16,18-19,21H2,1-3H3,(H,35,38)(H,36,39). The molecule has 0 bridgehead atoms. The molecule has 2 aliphatic rings. The van der Waals surface area contributed by atoms with Crippen molar-refractivity contribution in [1.29, 1.82) is 0 Å². The third-order valence-electron chi connectivity index (χ3n) is 8.09. The lowest BCUT2D eigenvalue weighted by Gasteiger charge is -2.41. The van der Waals surface area contributed by atoms with Gasteiger partial charge in [-0.15, -0.1) is 0 Å². The smallest absolute Gasteiger partial charge is 0.322 e. The average molecular weight is 576 g/mol. The molecule has 5 rings (SSSR count). The Hall–Kier alpha value is -3.71. The minimum Gasteiger partial charge on any atom is -0.486 e. The zero-order valence-corrected chi connectivity index (χ0v) is 24.7. The number of nitrogens with one attached hydrogen (secondary N) is 2. The summed E-state index contributed by atoms with van der Waals surface area (Å²) < 4.78 is 11.2. The highest BCUT2D eigenvalue weighted by molar-refractivity contribution is 6.30. The highest BCUT2D eigenvalue weighted by Crippen LogP contribution is 2.39. The van der Waals surface area contributed by atoms with Gasteiger partial charge in [-0.25, -0.2) is 4.79 Å². The molecule has 7 nitrogen and oxygen atoms in total. The summed E-state index contributed by atoms with van der Waals surface area (Å²) in [6.07, 6.45) is 4.12. The topological polar surface area (TPSA) is 79.9 Å². The molecule has 1 aliphatic heterocycles. The van der Waals surface area contributed by atoms with Crippen LogP contribution in [-0.4, -0.2) is 36.1 Å². The van der Waals surface area contributed by atoms with Crippen LogP contribution in [0.4, 0.5) is 16.2 Å². The van der Waals surface area contributed by atoms with Crippen LogP contribution in [0, 0.1) is 11.3 Å². The van der Waals surface area contributed by atoms with Crippen molar-refractivity contribution in [2.24, 2.45) is 11.3 Å². The van der Waals surface area contributed by atoms with E-state index >= 15 is 0 Å². The van der Waals surface area contributed by atoms with E-state index in [1.165, 1.54) is 0 Å². The number of urea groups is 1. The van der Waals surface area contributed by atoms with Gasteiger partial charge in [-0.2, -0.15) is 0 Å². The summed E-state index contributed by atoms with van der Waals surface area (Å²) in [7, 11) is 0. The first-order chi connectivity index (χ1) is 19.7. The van der Waals surface area contributed by atoms with Gasteiger partial charge in [-0.1, -0.05) is 44.5 Å². The number of fused-ring (bicyclic) bond motifs is 1. The lowest BCUT2D eigenvalue weighted by atomic mass is 9.71. The minimum atomic E-state index is -0.217. The van der Waals surface area contributed by atoms with Gasteiger partial charge < -0.3 is 25.0 Å². The molecule has 0 spiro atoms. The predicted octanol–water partition coefficient (Wildman–Crippen LogP) is 8.00. The van der Waals surface area contributed by atoms with Crippen molar-refractivity contribution in [3.8, 4) is 11.5 Å². The van der Waals surface area contributed by atoms with Crippen molar-refractivity contribution in [3.05, 3.63) is 82.9 Å². The van der Waals surface area contributed by atoms with Crippen LogP contribution in [-0.2, 0) is 6.54 Å². The Morgan fingerprint density at radius 2 is 1.46 bits per heavy atom. The fourth-order valence-corrected chi connectivity index (χ4v) is 5.76. The number of rotatable bonds is 6. The van der Waals surface area contributed by atoms with Gasteiger partial charge in [0.05, 0.1) is 0 Å². The zero-order chi connectivity index (χ0) is 29.0. The van der Waals surface area contributed by atoms with E-state index in [-0.39, 0.29) is 23.4 Å². The highest BCUT2D eigenvalue weighted by Gasteiger charge is 2.33. The van der Waals surface area contributed by atoms with Gasteiger partial charge in [0.2, 0.25) is 0 Å². The van der Waals surface area contributed by atoms with Crippen LogP contribution in [0.2, 0.25) is 5.02 Å². The van der Waals surface area contributed by atoms with Gasteiger partial charge in [0.1, 0.15) is 13.2 Å². The van der Waals surface area contributed by atoms with Gasteiger partial charge >= 0.3 is 6.03 Å². The molecule has 0 saturated heterocycles. The predicted molar refractivity (Wildman–Crippen MR) is 163 cm³/mol. The summed E-state index contributed by atoms with van der Waals surface area (Å²) in [6, 6.07) is 20.0. The maximum atomic E-state index is 13.6. The molecule has 2 N–H and O–H groups in total. The van der Waals surface area contributed by atoms with E-state index in [2.05, 4.69) is 31.4 Å². The number of ether oxygens (including phenoxy) is 2. The SMILES string of the molecule is CC(C)(C)C1CCC(N(Cc2ccc(C(=O)Nc3ccc4c(c3)OCCO4)cc2)C(=O)Nc2ccc(Cl)cc2)CC1. The molecular formula is C33H38ClN3O4. The van der Waals surface area contributed by atoms with Gasteiger partial charge in [0.15, 0.2) is 11.5 Å². The van der Waals surface area contributed by atoms with Crippen molar-refractivity contribution in [2.45, 2.75) is 59.0 Å². The Labute approximate surface area is 247 Å². The maximum absolute atomic E-state index is 13.6. The van der Waals surface area contributed by atoms with E-state index < -0.39 is 0 Å². The van der Waals surface area contributed by atoms with Gasteiger partial charge in [0.25, 0.3) is 5.91 Å². The first-order valence-corrected chi connectivity index (χ1v) is 14.7. The van der Waals surface area contributed by atoms with Gasteiger partial charge in [0, 0.05) is 40.6 Å². The number of anilines is 2. The van der Waals surface area contributed by atoms with Gasteiger partial charge in [-0.05, 0) is 91.1 Å². The molecule has 3 aromatic carbocycles. The molecule has 0 aromatic heterocycles. The first-order valence-electron chi connectivity index (χ1n) is 14.3. The summed E-state index contributed by atoms with van der Waals surface area (Å²) in [5.41, 5.74) is 3.10. The Bertz CT molecular complexity index is 1360. The summed E-state index contributed by atoms with van der Waals surface area (Å²) >= 11 is 6.04. The highest BCUT2D eigenvalue weighted by atomic mass is 35.5. The third-order valence-corrected chi connectivity index (χ3v) is 8.34. The molecule has 8 heteroatoms. The zero-order valence-electron chi connectivity index (χ0n) is 23.9. The quantitative estimate of drug-likeness (QED) is 0.312. The van der Waals surface area contributed by atoms with Crippen LogP contribution >= 0.6 is 11.6 Å². The average Bonchev–Trinajstić information content (AvgIpc) is 2.97. The van der Waals surface area contributed by atoms with Crippen molar-refractivity contribution < 1.29 is 19.1 Å². The fourth-order valence-electron chi connectivity index (χ4n) is 5.63. The molecule has 1 saturated carbocycles.